The molecule has 1 atom stereocenters. The van der Waals surface area contributed by atoms with Gasteiger partial charge in [-0.3, -0.25) is 4.79 Å². The van der Waals surface area contributed by atoms with Crippen LogP contribution >= 0.6 is 0 Å². The fourth-order valence-corrected chi connectivity index (χ4v) is 6.04. The number of ether oxygens (including phenoxy) is 2. The van der Waals surface area contributed by atoms with E-state index >= 15 is 0 Å². The molecule has 1 spiro atoms. The minimum Gasteiger partial charge on any atom is -0.486 e. The van der Waals surface area contributed by atoms with Gasteiger partial charge in [0.25, 0.3) is 0 Å². The topological polar surface area (TPSA) is 64.8 Å². The number of hydrogen-bond donors (Lipinski definition) is 0. The first-order valence-electron chi connectivity index (χ1n) is 12.6. The smallest absolute Gasteiger partial charge is 0.223 e. The number of rotatable bonds is 4. The number of halogens is 2. The molecule has 36 heavy (non-hydrogen) atoms. The quantitative estimate of drug-likeness (QED) is 0.463. The summed E-state index contributed by atoms with van der Waals surface area (Å²) >= 11 is 0. The van der Waals surface area contributed by atoms with Crippen molar-refractivity contribution in [2.45, 2.75) is 56.9 Å². The summed E-state index contributed by atoms with van der Waals surface area (Å²) < 4.78 is 45.6. The molecule has 3 aliphatic rings. The van der Waals surface area contributed by atoms with Gasteiger partial charge < -0.3 is 18.8 Å². The van der Waals surface area contributed by atoms with Crippen molar-refractivity contribution in [3.8, 4) is 22.8 Å². The van der Waals surface area contributed by atoms with Gasteiger partial charge in [0.05, 0.1) is 17.8 Å². The molecule has 6 rings (SSSR count). The van der Waals surface area contributed by atoms with Crippen molar-refractivity contribution >= 4 is 5.91 Å². The molecule has 1 fully saturated rings. The molecule has 2 aromatic carbocycles. The molecule has 8 heteroatoms. The molecule has 0 N–H and O–H groups in total. The van der Waals surface area contributed by atoms with E-state index < -0.39 is 11.6 Å². The molecule has 1 saturated carbocycles. The summed E-state index contributed by atoms with van der Waals surface area (Å²) in [6.45, 7) is 3.78. The molecule has 1 aromatic heterocycles. The predicted octanol–water partition coefficient (Wildman–Crippen LogP) is 5.74. The zero-order valence-corrected chi connectivity index (χ0v) is 20.2. The van der Waals surface area contributed by atoms with Crippen LogP contribution in [-0.2, 0) is 16.6 Å². The maximum atomic E-state index is 14.1. The third-order valence-corrected chi connectivity index (χ3v) is 7.87. The number of carbonyl (C=O) groups is 1. The van der Waals surface area contributed by atoms with Crippen molar-refractivity contribution in [1.29, 1.82) is 0 Å². The highest BCUT2D eigenvalue weighted by molar-refractivity contribution is 5.78. The van der Waals surface area contributed by atoms with E-state index in [1.165, 1.54) is 30.0 Å². The van der Waals surface area contributed by atoms with Crippen molar-refractivity contribution in [1.82, 2.24) is 9.88 Å². The van der Waals surface area contributed by atoms with E-state index in [1.807, 2.05) is 4.90 Å². The van der Waals surface area contributed by atoms with E-state index in [1.54, 1.807) is 0 Å². The van der Waals surface area contributed by atoms with Gasteiger partial charge in [0, 0.05) is 24.8 Å². The summed E-state index contributed by atoms with van der Waals surface area (Å²) in [5, 5.41) is 0. The predicted molar refractivity (Wildman–Crippen MR) is 128 cm³/mol. The molecule has 1 aliphatic carbocycles. The Balaban J connectivity index is 1.23. The first-order valence-corrected chi connectivity index (χ1v) is 12.6. The lowest BCUT2D eigenvalue weighted by Gasteiger charge is -2.46. The van der Waals surface area contributed by atoms with Gasteiger partial charge in [0.15, 0.2) is 23.1 Å². The second-order valence-corrected chi connectivity index (χ2v) is 9.98. The van der Waals surface area contributed by atoms with Crippen LogP contribution in [-0.4, -0.2) is 35.5 Å². The van der Waals surface area contributed by atoms with Crippen LogP contribution in [0.5, 0.6) is 11.5 Å². The monoisotopic (exact) mass is 494 g/mol. The number of benzene rings is 2. The van der Waals surface area contributed by atoms with Gasteiger partial charge in [-0.25, -0.2) is 13.8 Å². The molecular weight excluding hydrogens is 466 g/mol. The number of fused-ring (bicyclic) bond motifs is 3. The van der Waals surface area contributed by atoms with Crippen molar-refractivity contribution in [3.63, 3.8) is 0 Å². The highest BCUT2D eigenvalue weighted by Crippen LogP contribution is 2.52. The molecule has 6 nitrogen and oxygen atoms in total. The summed E-state index contributed by atoms with van der Waals surface area (Å²) in [7, 11) is 0. The SMILES string of the molecule is CC1c2cc3c(cc2C2(CCCC2)CN1C(=O)CCc1ncc(-c2c(F)cccc2F)o1)OCCO3. The highest BCUT2D eigenvalue weighted by Gasteiger charge is 2.46. The molecule has 0 saturated heterocycles. The van der Waals surface area contributed by atoms with Crippen LogP contribution in [0.4, 0.5) is 8.78 Å². The maximum absolute atomic E-state index is 14.1. The molecule has 0 bridgehead atoms. The minimum absolute atomic E-state index is 0.00568. The Morgan fingerprint density at radius 1 is 1.11 bits per heavy atom. The van der Waals surface area contributed by atoms with Crippen LogP contribution in [0.2, 0.25) is 0 Å². The summed E-state index contributed by atoms with van der Waals surface area (Å²) in [6, 6.07) is 7.73. The molecule has 1 amide bonds. The van der Waals surface area contributed by atoms with Gasteiger partial charge in [-0.2, -0.15) is 0 Å². The van der Waals surface area contributed by atoms with Crippen molar-refractivity contribution in [3.05, 3.63) is 65.2 Å². The molecule has 3 aromatic rings. The van der Waals surface area contributed by atoms with E-state index in [9.17, 15) is 13.6 Å². The second-order valence-electron chi connectivity index (χ2n) is 9.98. The van der Waals surface area contributed by atoms with Crippen LogP contribution in [0.15, 0.2) is 40.9 Å². The fraction of sp³-hybridized carbons (Fsp3) is 0.429. The van der Waals surface area contributed by atoms with Gasteiger partial charge in [-0.1, -0.05) is 18.9 Å². The fourth-order valence-electron chi connectivity index (χ4n) is 6.04. The van der Waals surface area contributed by atoms with E-state index in [4.69, 9.17) is 13.9 Å². The van der Waals surface area contributed by atoms with Crippen molar-refractivity contribution in [2.75, 3.05) is 19.8 Å². The molecule has 1 unspecified atom stereocenters. The Labute approximate surface area is 208 Å². The normalized spacial score (nSPS) is 20.0. The molecule has 0 radical (unpaired) electrons. The third kappa shape index (κ3) is 3.83. The Morgan fingerprint density at radius 2 is 1.81 bits per heavy atom. The average molecular weight is 495 g/mol. The number of aromatic nitrogens is 1. The first-order chi connectivity index (χ1) is 17.4. The average Bonchev–Trinajstić information content (AvgIpc) is 3.54. The molecule has 188 valence electrons. The molecule has 2 aliphatic heterocycles. The van der Waals surface area contributed by atoms with Gasteiger partial charge in [-0.15, -0.1) is 0 Å². The number of nitrogens with zero attached hydrogens (tertiary/aromatic N) is 2. The lowest BCUT2D eigenvalue weighted by Crippen LogP contribution is -2.48. The molecule has 3 heterocycles. The van der Waals surface area contributed by atoms with Crippen LogP contribution in [0, 0.1) is 11.6 Å². The van der Waals surface area contributed by atoms with E-state index in [-0.39, 0.29) is 47.4 Å². The Morgan fingerprint density at radius 3 is 2.53 bits per heavy atom. The third-order valence-electron chi connectivity index (χ3n) is 7.87. The Bertz CT molecular complexity index is 1290. The summed E-state index contributed by atoms with van der Waals surface area (Å²) in [5.41, 5.74) is 2.08. The van der Waals surface area contributed by atoms with Gasteiger partial charge in [0.1, 0.15) is 24.8 Å². The zero-order chi connectivity index (χ0) is 24.9. The number of amides is 1. The summed E-state index contributed by atoms with van der Waals surface area (Å²) in [6.07, 6.45) is 6.09. The first kappa shape index (κ1) is 23.0. The van der Waals surface area contributed by atoms with E-state index in [2.05, 4.69) is 24.0 Å². The van der Waals surface area contributed by atoms with Crippen LogP contribution in [0.3, 0.4) is 0 Å². The van der Waals surface area contributed by atoms with Gasteiger partial charge in [-0.05, 0) is 55.2 Å². The Kier molecular flexibility index (Phi) is 5.69. The number of hydrogen-bond acceptors (Lipinski definition) is 5. The second kappa shape index (κ2) is 8.91. The number of aryl methyl sites for hydroxylation is 1. The standard InChI is InChI=1S/C28H28F2N2O4/c1-17-18-13-22-23(35-12-11-34-22)14-19(18)28(9-2-3-10-28)16-32(17)26(33)8-7-25-31-15-24(36-25)27-20(29)5-4-6-21(27)30/h4-6,13-15,17H,2-3,7-12,16H2,1H3. The van der Waals surface area contributed by atoms with E-state index in [0.717, 1.165) is 42.7 Å². The lowest BCUT2D eigenvalue weighted by molar-refractivity contribution is -0.135. The number of carbonyl (C=O) groups excluding carboxylic acids is 1. The lowest BCUT2D eigenvalue weighted by atomic mass is 9.71. The maximum Gasteiger partial charge on any atom is 0.223 e. The highest BCUT2D eigenvalue weighted by atomic mass is 19.1. The minimum atomic E-state index is -0.715. The van der Waals surface area contributed by atoms with Crippen LogP contribution in [0.1, 0.15) is 62.1 Å². The summed E-state index contributed by atoms with van der Waals surface area (Å²) in [5.74, 6) is 0.407. The largest absolute Gasteiger partial charge is 0.486 e. The van der Waals surface area contributed by atoms with Gasteiger partial charge >= 0.3 is 0 Å². The van der Waals surface area contributed by atoms with Crippen molar-refractivity contribution in [2.24, 2.45) is 0 Å². The van der Waals surface area contributed by atoms with Gasteiger partial charge in [0.2, 0.25) is 5.91 Å². The number of oxazole rings is 1. The van der Waals surface area contributed by atoms with E-state index in [0.29, 0.717) is 19.8 Å². The van der Waals surface area contributed by atoms with Crippen LogP contribution in [0.25, 0.3) is 11.3 Å². The van der Waals surface area contributed by atoms with Crippen molar-refractivity contribution < 1.29 is 27.5 Å². The molecular formula is C28H28F2N2O4. The Hall–Kier alpha value is -3.42. The van der Waals surface area contributed by atoms with Crippen LogP contribution < -0.4 is 9.47 Å². The summed E-state index contributed by atoms with van der Waals surface area (Å²) in [4.78, 5) is 19.6. The zero-order valence-electron chi connectivity index (χ0n) is 20.2.